The first kappa shape index (κ1) is 19.2. The third kappa shape index (κ3) is 3.73. The lowest BCUT2D eigenvalue weighted by atomic mass is 10.2. The molecule has 3 saturated heterocycles. The zero-order chi connectivity index (χ0) is 19.7. The third-order valence-electron chi connectivity index (χ3n) is 5.81. The smallest absolute Gasteiger partial charge is 0.410 e. The Morgan fingerprint density at radius 3 is 2.79 bits per heavy atom. The van der Waals surface area contributed by atoms with E-state index >= 15 is 0 Å². The maximum atomic E-state index is 13.0. The lowest BCUT2D eigenvalue weighted by Crippen LogP contribution is -2.42. The topological polar surface area (TPSA) is 80.1 Å². The highest BCUT2D eigenvalue weighted by Crippen LogP contribution is 2.28. The van der Waals surface area contributed by atoms with Crippen molar-refractivity contribution in [3.05, 3.63) is 17.5 Å². The number of amides is 2. The number of aryl methyl sites for hydroxylation is 2. The van der Waals surface area contributed by atoms with Crippen LogP contribution in [-0.2, 0) is 16.0 Å². The molecule has 4 rings (SSSR count). The van der Waals surface area contributed by atoms with Crippen LogP contribution < -0.4 is 0 Å². The van der Waals surface area contributed by atoms with E-state index in [4.69, 9.17) is 9.47 Å². The summed E-state index contributed by atoms with van der Waals surface area (Å²) in [6, 6.07) is 1.77. The number of hydrogen-bond acceptors (Lipinski definition) is 6. The van der Waals surface area contributed by atoms with Crippen LogP contribution in [0.25, 0.3) is 0 Å². The quantitative estimate of drug-likeness (QED) is 0.706. The Kier molecular flexibility index (Phi) is 5.54. The molecule has 0 aromatic carbocycles. The van der Waals surface area contributed by atoms with E-state index in [1.54, 1.807) is 14.5 Å². The number of nitrogens with zero attached hydrogens (tertiary/aromatic N) is 5. The van der Waals surface area contributed by atoms with Crippen molar-refractivity contribution in [2.45, 2.75) is 39.0 Å². The normalized spacial score (nSPS) is 25.3. The van der Waals surface area contributed by atoms with Gasteiger partial charge in [-0.2, -0.15) is 5.10 Å². The van der Waals surface area contributed by atoms with Gasteiger partial charge in [0.15, 0.2) is 0 Å². The summed E-state index contributed by atoms with van der Waals surface area (Å²) in [5, 5.41) is 4.37. The van der Waals surface area contributed by atoms with Gasteiger partial charge in [0.05, 0.1) is 31.5 Å². The Morgan fingerprint density at radius 2 is 2.04 bits per heavy atom. The average Bonchev–Trinajstić information content (AvgIpc) is 3.35. The van der Waals surface area contributed by atoms with E-state index < -0.39 is 0 Å². The van der Waals surface area contributed by atoms with Gasteiger partial charge >= 0.3 is 6.09 Å². The zero-order valence-corrected chi connectivity index (χ0v) is 16.7. The van der Waals surface area contributed by atoms with E-state index in [0.717, 1.165) is 45.0 Å². The summed E-state index contributed by atoms with van der Waals surface area (Å²) in [5.41, 5.74) is 1.44. The predicted octanol–water partition coefficient (Wildman–Crippen LogP) is 0.579. The van der Waals surface area contributed by atoms with E-state index in [1.807, 2.05) is 19.9 Å². The van der Waals surface area contributed by atoms with Gasteiger partial charge in [0.25, 0.3) is 5.91 Å². The number of morpholine rings is 1. The molecule has 0 saturated carbocycles. The molecule has 0 aliphatic carbocycles. The highest BCUT2D eigenvalue weighted by atomic mass is 16.6. The summed E-state index contributed by atoms with van der Waals surface area (Å²) < 4.78 is 12.7. The molecule has 3 aliphatic heterocycles. The zero-order valence-electron chi connectivity index (χ0n) is 16.7. The standard InChI is InChI=1S/C19H29N5O4/c1-3-24-15(11-14(2)20-24)18(25)22-12-16-17(13-22)28-19(26)23(16)6-4-5-21-7-9-27-10-8-21/h11,16-17H,3-10,12-13H2,1-2H3/t16-,17+/m0/s1. The largest absolute Gasteiger partial charge is 0.442 e. The Balaban J connectivity index is 1.35. The first-order valence-corrected chi connectivity index (χ1v) is 10.2. The van der Waals surface area contributed by atoms with Crippen LogP contribution >= 0.6 is 0 Å². The van der Waals surface area contributed by atoms with Gasteiger partial charge in [-0.05, 0) is 26.3 Å². The second kappa shape index (κ2) is 8.08. The van der Waals surface area contributed by atoms with Crippen LogP contribution in [0.1, 0.15) is 29.5 Å². The summed E-state index contributed by atoms with van der Waals surface area (Å²) in [6.45, 7) is 10.5. The van der Waals surface area contributed by atoms with Crippen molar-refractivity contribution < 1.29 is 19.1 Å². The lowest BCUT2D eigenvalue weighted by molar-refractivity contribution is 0.0362. The molecule has 9 nitrogen and oxygen atoms in total. The fourth-order valence-corrected chi connectivity index (χ4v) is 4.34. The molecular formula is C19H29N5O4. The minimum absolute atomic E-state index is 0.0406. The van der Waals surface area contributed by atoms with Crippen LogP contribution in [0.5, 0.6) is 0 Å². The van der Waals surface area contributed by atoms with Crippen LogP contribution in [0.15, 0.2) is 6.07 Å². The van der Waals surface area contributed by atoms with Crippen molar-refractivity contribution in [1.82, 2.24) is 24.5 Å². The van der Waals surface area contributed by atoms with Gasteiger partial charge in [-0.3, -0.25) is 19.3 Å². The number of carbonyl (C=O) groups is 2. The van der Waals surface area contributed by atoms with Crippen LogP contribution in [0, 0.1) is 6.92 Å². The molecule has 0 spiro atoms. The summed E-state index contributed by atoms with van der Waals surface area (Å²) in [4.78, 5) is 31.2. The second-order valence-electron chi connectivity index (χ2n) is 7.69. The van der Waals surface area contributed by atoms with Crippen molar-refractivity contribution in [3.63, 3.8) is 0 Å². The predicted molar refractivity (Wildman–Crippen MR) is 101 cm³/mol. The highest BCUT2D eigenvalue weighted by molar-refractivity contribution is 5.93. The van der Waals surface area contributed by atoms with Crippen molar-refractivity contribution in [1.29, 1.82) is 0 Å². The highest BCUT2D eigenvalue weighted by Gasteiger charge is 2.48. The van der Waals surface area contributed by atoms with E-state index in [-0.39, 0.29) is 24.1 Å². The number of ether oxygens (including phenoxy) is 2. The van der Waals surface area contributed by atoms with Crippen molar-refractivity contribution in [3.8, 4) is 0 Å². The molecule has 2 atom stereocenters. The maximum Gasteiger partial charge on any atom is 0.410 e. The maximum absolute atomic E-state index is 13.0. The summed E-state index contributed by atoms with van der Waals surface area (Å²) >= 11 is 0. The van der Waals surface area contributed by atoms with Crippen molar-refractivity contribution in [2.24, 2.45) is 0 Å². The molecule has 4 heterocycles. The van der Waals surface area contributed by atoms with Gasteiger partial charge in [-0.1, -0.05) is 0 Å². The van der Waals surface area contributed by atoms with E-state index in [2.05, 4.69) is 10.00 Å². The lowest BCUT2D eigenvalue weighted by Gasteiger charge is -2.28. The van der Waals surface area contributed by atoms with Crippen LogP contribution in [0.2, 0.25) is 0 Å². The average molecular weight is 391 g/mol. The Hall–Kier alpha value is -2.13. The van der Waals surface area contributed by atoms with Crippen LogP contribution in [0.4, 0.5) is 4.79 Å². The molecule has 1 aromatic heterocycles. The van der Waals surface area contributed by atoms with E-state index in [9.17, 15) is 9.59 Å². The van der Waals surface area contributed by atoms with E-state index in [1.165, 1.54) is 0 Å². The molecule has 154 valence electrons. The van der Waals surface area contributed by atoms with Crippen LogP contribution in [0.3, 0.4) is 0 Å². The first-order chi connectivity index (χ1) is 13.6. The van der Waals surface area contributed by atoms with Gasteiger partial charge in [-0.15, -0.1) is 0 Å². The second-order valence-corrected chi connectivity index (χ2v) is 7.69. The number of rotatable bonds is 6. The Morgan fingerprint density at radius 1 is 1.25 bits per heavy atom. The molecule has 28 heavy (non-hydrogen) atoms. The van der Waals surface area contributed by atoms with Gasteiger partial charge in [-0.25, -0.2) is 4.79 Å². The first-order valence-electron chi connectivity index (χ1n) is 10.2. The molecule has 0 unspecified atom stereocenters. The van der Waals surface area contributed by atoms with Gasteiger partial charge in [0.2, 0.25) is 0 Å². The Bertz CT molecular complexity index is 730. The molecule has 2 amide bonds. The van der Waals surface area contributed by atoms with Gasteiger partial charge < -0.3 is 14.4 Å². The molecule has 0 N–H and O–H groups in total. The molecule has 3 fully saturated rings. The fraction of sp³-hybridized carbons (Fsp3) is 0.737. The monoisotopic (exact) mass is 391 g/mol. The third-order valence-corrected chi connectivity index (χ3v) is 5.81. The van der Waals surface area contributed by atoms with Gasteiger partial charge in [0, 0.05) is 39.3 Å². The minimum atomic E-state index is -0.251. The molecule has 0 radical (unpaired) electrons. The van der Waals surface area contributed by atoms with E-state index in [0.29, 0.717) is 31.9 Å². The summed E-state index contributed by atoms with van der Waals surface area (Å²) in [5.74, 6) is -0.0406. The molecule has 3 aliphatic rings. The number of fused-ring (bicyclic) bond motifs is 1. The molecule has 0 bridgehead atoms. The Labute approximate surface area is 165 Å². The number of carbonyl (C=O) groups excluding carboxylic acids is 2. The molecule has 9 heteroatoms. The fourth-order valence-electron chi connectivity index (χ4n) is 4.34. The molecular weight excluding hydrogens is 362 g/mol. The number of likely N-dealkylation sites (tertiary alicyclic amines) is 1. The minimum Gasteiger partial charge on any atom is -0.442 e. The number of aromatic nitrogens is 2. The van der Waals surface area contributed by atoms with Gasteiger partial charge in [0.1, 0.15) is 11.8 Å². The summed E-state index contributed by atoms with van der Waals surface area (Å²) in [7, 11) is 0. The van der Waals surface area contributed by atoms with Crippen molar-refractivity contribution in [2.75, 3.05) is 52.5 Å². The number of hydrogen-bond donors (Lipinski definition) is 0. The van der Waals surface area contributed by atoms with Crippen molar-refractivity contribution >= 4 is 12.0 Å². The SMILES string of the molecule is CCn1nc(C)cc1C(=O)N1C[C@H]2OC(=O)N(CCCN3CCOCC3)[C@H]2C1. The summed E-state index contributed by atoms with van der Waals surface area (Å²) in [6.07, 6.45) is 0.408. The van der Waals surface area contributed by atoms with Crippen LogP contribution in [-0.4, -0.2) is 101 Å². The molecule has 1 aromatic rings.